The number of ether oxygens (including phenoxy) is 1. The number of hydrogen-bond acceptors (Lipinski definition) is 3. The Morgan fingerprint density at radius 1 is 1.19 bits per heavy atom. The molecule has 4 fully saturated rings. The zero-order chi connectivity index (χ0) is 14.8. The Bertz CT molecular complexity index is 573. The minimum atomic E-state index is -0.300. The van der Waals surface area contributed by atoms with Crippen LogP contribution in [0.15, 0.2) is 24.3 Å². The lowest BCUT2D eigenvalue weighted by atomic mass is 9.43. The molecule has 0 aromatic heterocycles. The molecule has 3 nitrogen and oxygen atoms in total. The summed E-state index contributed by atoms with van der Waals surface area (Å²) < 4.78 is 18.2. The van der Waals surface area contributed by atoms with Crippen LogP contribution in [0, 0.1) is 17.3 Å². The van der Waals surface area contributed by atoms with Crippen molar-refractivity contribution in [2.75, 3.05) is 7.11 Å². The highest BCUT2D eigenvalue weighted by atomic mass is 16.7. The Labute approximate surface area is 127 Å². The number of benzene rings is 1. The van der Waals surface area contributed by atoms with Gasteiger partial charge < -0.3 is 14.0 Å². The molecule has 4 heteroatoms. The molecule has 4 aliphatic rings. The fourth-order valence-corrected chi connectivity index (χ4v) is 4.86. The summed E-state index contributed by atoms with van der Waals surface area (Å²) in [5.41, 5.74) is 1.22. The molecule has 2 bridgehead atoms. The van der Waals surface area contributed by atoms with Crippen molar-refractivity contribution in [3.8, 4) is 5.75 Å². The van der Waals surface area contributed by atoms with Gasteiger partial charge in [0.1, 0.15) is 5.75 Å². The van der Waals surface area contributed by atoms with E-state index in [1.807, 2.05) is 24.3 Å². The molecule has 3 aliphatic carbocycles. The SMILES string of the molecule is COc1ccccc1B1O[C@H]2C[C@H]3C[C@H](C3(C)C)[C@@]2(C)O1. The number of para-hydroxylation sites is 1. The van der Waals surface area contributed by atoms with E-state index in [9.17, 15) is 0 Å². The highest BCUT2D eigenvalue weighted by molar-refractivity contribution is 6.63. The van der Waals surface area contributed by atoms with Crippen molar-refractivity contribution in [2.24, 2.45) is 17.3 Å². The van der Waals surface area contributed by atoms with Gasteiger partial charge in [-0.2, -0.15) is 0 Å². The molecule has 1 heterocycles. The second-order valence-corrected chi connectivity index (χ2v) is 7.54. The molecule has 3 saturated carbocycles. The van der Waals surface area contributed by atoms with Gasteiger partial charge in [-0.25, -0.2) is 0 Å². The average Bonchev–Trinajstić information content (AvgIpc) is 2.83. The molecule has 1 aromatic rings. The summed E-state index contributed by atoms with van der Waals surface area (Å²) in [6.07, 6.45) is 2.61. The lowest BCUT2D eigenvalue weighted by Gasteiger charge is -2.64. The predicted molar refractivity (Wildman–Crippen MR) is 82.7 cm³/mol. The minimum absolute atomic E-state index is 0.163. The summed E-state index contributed by atoms with van der Waals surface area (Å²) in [6, 6.07) is 8.00. The van der Waals surface area contributed by atoms with Gasteiger partial charge in [0, 0.05) is 5.46 Å². The molecule has 0 radical (unpaired) electrons. The maximum atomic E-state index is 6.46. The summed E-state index contributed by atoms with van der Waals surface area (Å²) in [6.45, 7) is 7.01. The smallest absolute Gasteiger partial charge is 0.497 e. The monoisotopic (exact) mass is 286 g/mol. The molecule has 21 heavy (non-hydrogen) atoms. The average molecular weight is 286 g/mol. The minimum Gasteiger partial charge on any atom is -0.497 e. The summed E-state index contributed by atoms with van der Waals surface area (Å²) in [7, 11) is 1.40. The molecule has 0 amide bonds. The van der Waals surface area contributed by atoms with Crippen LogP contribution >= 0.6 is 0 Å². The van der Waals surface area contributed by atoms with E-state index in [0.29, 0.717) is 11.3 Å². The Hall–Kier alpha value is -0.995. The predicted octanol–water partition coefficient (Wildman–Crippen LogP) is 2.63. The van der Waals surface area contributed by atoms with Crippen molar-refractivity contribution in [2.45, 2.75) is 45.3 Å². The Kier molecular flexibility index (Phi) is 2.77. The largest absolute Gasteiger partial charge is 0.498 e. The zero-order valence-electron chi connectivity index (χ0n) is 13.3. The molecule has 4 atom stereocenters. The third-order valence-electron chi connectivity index (χ3n) is 6.34. The number of hydrogen-bond donors (Lipinski definition) is 0. The van der Waals surface area contributed by atoms with Gasteiger partial charge in [-0.3, -0.25) is 0 Å². The van der Waals surface area contributed by atoms with Crippen molar-refractivity contribution in [1.82, 2.24) is 0 Å². The first-order valence-electron chi connectivity index (χ1n) is 7.93. The van der Waals surface area contributed by atoms with E-state index in [-0.39, 0.29) is 18.8 Å². The van der Waals surface area contributed by atoms with Crippen LogP contribution in [0.1, 0.15) is 33.6 Å². The Balaban J connectivity index is 1.65. The third-order valence-corrected chi connectivity index (χ3v) is 6.34. The summed E-state index contributed by atoms with van der Waals surface area (Å²) in [5.74, 6) is 2.21. The first-order valence-corrected chi connectivity index (χ1v) is 7.93. The van der Waals surface area contributed by atoms with Crippen molar-refractivity contribution in [3.63, 3.8) is 0 Å². The van der Waals surface area contributed by atoms with Crippen LogP contribution < -0.4 is 10.2 Å². The van der Waals surface area contributed by atoms with Crippen molar-refractivity contribution in [3.05, 3.63) is 24.3 Å². The first-order chi connectivity index (χ1) is 9.96. The lowest BCUT2D eigenvalue weighted by Crippen LogP contribution is -2.65. The van der Waals surface area contributed by atoms with Crippen LogP contribution in [0.2, 0.25) is 0 Å². The Morgan fingerprint density at radius 2 is 1.95 bits per heavy atom. The second kappa shape index (κ2) is 4.27. The molecule has 5 rings (SSSR count). The third kappa shape index (κ3) is 1.69. The van der Waals surface area contributed by atoms with E-state index < -0.39 is 0 Å². The van der Waals surface area contributed by atoms with Crippen molar-refractivity contribution < 1.29 is 14.0 Å². The van der Waals surface area contributed by atoms with Gasteiger partial charge in [-0.1, -0.05) is 32.0 Å². The van der Waals surface area contributed by atoms with Crippen LogP contribution in [0.25, 0.3) is 0 Å². The molecule has 0 N–H and O–H groups in total. The van der Waals surface area contributed by atoms with Gasteiger partial charge in [-0.05, 0) is 43.1 Å². The molecular weight excluding hydrogens is 263 g/mol. The molecular formula is C17H23BO3. The quantitative estimate of drug-likeness (QED) is 0.782. The van der Waals surface area contributed by atoms with Crippen molar-refractivity contribution in [1.29, 1.82) is 0 Å². The van der Waals surface area contributed by atoms with E-state index in [2.05, 4.69) is 20.8 Å². The van der Waals surface area contributed by atoms with Gasteiger partial charge in [0.25, 0.3) is 0 Å². The fourth-order valence-electron chi connectivity index (χ4n) is 4.86. The van der Waals surface area contributed by atoms with E-state index in [4.69, 9.17) is 14.0 Å². The summed E-state index contributed by atoms with van der Waals surface area (Å²) in [4.78, 5) is 0. The molecule has 0 spiro atoms. The van der Waals surface area contributed by atoms with Gasteiger partial charge in [0.15, 0.2) is 0 Å². The van der Waals surface area contributed by atoms with E-state index in [0.717, 1.165) is 23.6 Å². The first kappa shape index (κ1) is 13.7. The standard InChI is InChI=1S/C17H23BO3/c1-16(2)11-9-14(16)17(3)15(10-11)20-18(21-17)12-7-5-6-8-13(12)19-4/h5-8,11,14-15H,9-10H2,1-4H3/t11-,14-,15+,17-/m1/s1. The van der Waals surface area contributed by atoms with E-state index in [1.54, 1.807) is 7.11 Å². The van der Waals surface area contributed by atoms with Crippen LogP contribution in [0.3, 0.4) is 0 Å². The lowest BCUT2D eigenvalue weighted by molar-refractivity contribution is -0.199. The highest BCUT2D eigenvalue weighted by Gasteiger charge is 2.68. The number of methoxy groups -OCH3 is 1. The molecule has 1 saturated heterocycles. The Morgan fingerprint density at radius 3 is 2.67 bits per heavy atom. The second-order valence-electron chi connectivity index (χ2n) is 7.54. The van der Waals surface area contributed by atoms with E-state index >= 15 is 0 Å². The fraction of sp³-hybridized carbons (Fsp3) is 0.647. The molecule has 1 aromatic carbocycles. The summed E-state index contributed by atoms with van der Waals surface area (Å²) >= 11 is 0. The van der Waals surface area contributed by atoms with Crippen LogP contribution in [0.4, 0.5) is 0 Å². The molecule has 112 valence electrons. The number of rotatable bonds is 2. The van der Waals surface area contributed by atoms with Crippen LogP contribution in [-0.4, -0.2) is 25.9 Å². The normalized spacial score (nSPS) is 39.6. The molecule has 0 unspecified atom stereocenters. The van der Waals surface area contributed by atoms with Crippen LogP contribution in [-0.2, 0) is 9.31 Å². The maximum absolute atomic E-state index is 6.46. The molecule has 1 aliphatic heterocycles. The zero-order valence-corrected chi connectivity index (χ0v) is 13.3. The van der Waals surface area contributed by atoms with Gasteiger partial charge >= 0.3 is 7.12 Å². The highest BCUT2D eigenvalue weighted by Crippen LogP contribution is 2.65. The maximum Gasteiger partial charge on any atom is 0.498 e. The van der Waals surface area contributed by atoms with Crippen LogP contribution in [0.5, 0.6) is 5.75 Å². The van der Waals surface area contributed by atoms with Gasteiger partial charge in [0.05, 0.1) is 18.8 Å². The summed E-state index contributed by atoms with van der Waals surface area (Å²) in [5, 5.41) is 0. The van der Waals surface area contributed by atoms with Crippen molar-refractivity contribution >= 4 is 12.6 Å². The topological polar surface area (TPSA) is 27.7 Å². The van der Waals surface area contributed by atoms with Gasteiger partial charge in [-0.15, -0.1) is 0 Å². The van der Waals surface area contributed by atoms with E-state index in [1.165, 1.54) is 6.42 Å². The van der Waals surface area contributed by atoms with Gasteiger partial charge in [0.2, 0.25) is 0 Å².